The lowest BCUT2D eigenvalue weighted by Crippen LogP contribution is -2.31. The first-order valence-corrected chi connectivity index (χ1v) is 6.38. The minimum atomic E-state index is -0.303. The van der Waals surface area contributed by atoms with Gasteiger partial charge in [0.05, 0.1) is 0 Å². The molecule has 0 saturated heterocycles. The van der Waals surface area contributed by atoms with Gasteiger partial charge in [0.2, 0.25) is 0 Å². The molecule has 0 bridgehead atoms. The Bertz CT molecular complexity index is 477. The molecular weight excluding hydrogens is 230 g/mol. The average Bonchev–Trinajstić information content (AvgIpc) is 3.12. The molecule has 5 heteroatoms. The van der Waals surface area contributed by atoms with E-state index in [1.54, 1.807) is 6.92 Å². The number of H-pyrrole nitrogens is 1. The van der Waals surface area contributed by atoms with E-state index in [1.165, 1.54) is 25.1 Å². The molecule has 1 aromatic heterocycles. The Morgan fingerprint density at radius 1 is 1.44 bits per heavy atom. The first-order chi connectivity index (χ1) is 8.66. The summed E-state index contributed by atoms with van der Waals surface area (Å²) in [5.74, 6) is -0.303. The quantitative estimate of drug-likeness (QED) is 0.645. The van der Waals surface area contributed by atoms with Crippen LogP contribution < -0.4 is 16.1 Å². The number of aromatic nitrogens is 1. The van der Waals surface area contributed by atoms with Crippen molar-refractivity contribution in [1.82, 2.24) is 15.6 Å². The van der Waals surface area contributed by atoms with Crippen molar-refractivity contribution in [3.63, 3.8) is 0 Å². The summed E-state index contributed by atoms with van der Waals surface area (Å²) < 4.78 is 0. The molecule has 2 rings (SSSR count). The summed E-state index contributed by atoms with van der Waals surface area (Å²) in [6, 6.07) is 2.13. The molecule has 1 aliphatic rings. The van der Waals surface area contributed by atoms with Crippen LogP contribution in [0.2, 0.25) is 0 Å². The summed E-state index contributed by atoms with van der Waals surface area (Å²) >= 11 is 0. The molecule has 1 amide bonds. The molecule has 1 aromatic rings. The van der Waals surface area contributed by atoms with E-state index in [0.717, 1.165) is 18.7 Å². The van der Waals surface area contributed by atoms with Crippen molar-refractivity contribution in [1.29, 1.82) is 0 Å². The maximum atomic E-state index is 11.7. The Kier molecular flexibility index (Phi) is 4.15. The largest absolute Gasteiger partial charge is 0.364 e. The Morgan fingerprint density at radius 3 is 2.89 bits per heavy atom. The molecule has 0 aliphatic heterocycles. The van der Waals surface area contributed by atoms with Crippen LogP contribution in [-0.4, -0.2) is 30.0 Å². The van der Waals surface area contributed by atoms with Crippen molar-refractivity contribution < 1.29 is 4.79 Å². The maximum Gasteiger partial charge on any atom is 0.256 e. The van der Waals surface area contributed by atoms with E-state index in [0.29, 0.717) is 12.6 Å². The van der Waals surface area contributed by atoms with Gasteiger partial charge in [0.25, 0.3) is 5.91 Å². The SMILES string of the molecule is Cc1cc(=O)c(C(=O)NCCCNC2CC2)c[nH]1. The van der Waals surface area contributed by atoms with Gasteiger partial charge >= 0.3 is 0 Å². The van der Waals surface area contributed by atoms with Crippen molar-refractivity contribution in [3.05, 3.63) is 33.7 Å². The zero-order chi connectivity index (χ0) is 13.0. The lowest BCUT2D eigenvalue weighted by atomic mass is 10.2. The second kappa shape index (κ2) is 5.82. The number of rotatable bonds is 6. The third kappa shape index (κ3) is 3.70. The monoisotopic (exact) mass is 249 g/mol. The van der Waals surface area contributed by atoms with Crippen molar-refractivity contribution in [3.8, 4) is 0 Å². The summed E-state index contributed by atoms with van der Waals surface area (Å²) in [4.78, 5) is 26.2. The first kappa shape index (κ1) is 12.8. The fourth-order valence-corrected chi connectivity index (χ4v) is 1.73. The normalized spacial score (nSPS) is 14.5. The number of hydrogen-bond acceptors (Lipinski definition) is 3. The third-order valence-electron chi connectivity index (χ3n) is 2.95. The van der Waals surface area contributed by atoms with Gasteiger partial charge in [-0.1, -0.05) is 0 Å². The Hall–Kier alpha value is -1.62. The molecule has 98 valence electrons. The highest BCUT2D eigenvalue weighted by molar-refractivity contribution is 5.93. The molecule has 1 fully saturated rings. The van der Waals surface area contributed by atoms with Gasteiger partial charge in [-0.25, -0.2) is 0 Å². The number of hydrogen-bond donors (Lipinski definition) is 3. The van der Waals surface area contributed by atoms with E-state index in [2.05, 4.69) is 15.6 Å². The average molecular weight is 249 g/mol. The van der Waals surface area contributed by atoms with Crippen LogP contribution >= 0.6 is 0 Å². The molecular formula is C13H19N3O2. The molecule has 3 N–H and O–H groups in total. The van der Waals surface area contributed by atoms with E-state index < -0.39 is 0 Å². The first-order valence-electron chi connectivity index (χ1n) is 6.38. The highest BCUT2D eigenvalue weighted by Crippen LogP contribution is 2.18. The molecule has 18 heavy (non-hydrogen) atoms. The number of amides is 1. The van der Waals surface area contributed by atoms with Crippen LogP contribution in [0.5, 0.6) is 0 Å². The van der Waals surface area contributed by atoms with Gasteiger partial charge in [-0.2, -0.15) is 0 Å². The number of carbonyl (C=O) groups is 1. The van der Waals surface area contributed by atoms with Gasteiger partial charge in [0, 0.05) is 30.5 Å². The lowest BCUT2D eigenvalue weighted by molar-refractivity contribution is 0.0952. The van der Waals surface area contributed by atoms with E-state index in [9.17, 15) is 9.59 Å². The predicted molar refractivity (Wildman–Crippen MR) is 69.8 cm³/mol. The second-order valence-electron chi connectivity index (χ2n) is 4.73. The summed E-state index contributed by atoms with van der Waals surface area (Å²) in [6.45, 7) is 3.29. The van der Waals surface area contributed by atoms with E-state index in [4.69, 9.17) is 0 Å². The third-order valence-corrected chi connectivity index (χ3v) is 2.95. The lowest BCUT2D eigenvalue weighted by Gasteiger charge is -2.05. The van der Waals surface area contributed by atoms with Crippen LogP contribution in [0.15, 0.2) is 17.1 Å². The zero-order valence-electron chi connectivity index (χ0n) is 10.6. The summed E-state index contributed by atoms with van der Waals surface area (Å²) in [5, 5.41) is 6.12. The highest BCUT2D eigenvalue weighted by atomic mass is 16.2. The predicted octanol–water partition coefficient (Wildman–Crippen LogP) is 0.555. The minimum Gasteiger partial charge on any atom is -0.364 e. The zero-order valence-corrected chi connectivity index (χ0v) is 10.6. The fourth-order valence-electron chi connectivity index (χ4n) is 1.73. The van der Waals surface area contributed by atoms with Crippen molar-refractivity contribution in [2.45, 2.75) is 32.2 Å². The van der Waals surface area contributed by atoms with Gasteiger partial charge in [-0.3, -0.25) is 9.59 Å². The van der Waals surface area contributed by atoms with Crippen LogP contribution in [-0.2, 0) is 0 Å². The van der Waals surface area contributed by atoms with Crippen LogP contribution in [0.4, 0.5) is 0 Å². The van der Waals surface area contributed by atoms with Gasteiger partial charge in [0.1, 0.15) is 5.56 Å². The molecule has 0 aromatic carbocycles. The summed E-state index contributed by atoms with van der Waals surface area (Å²) in [7, 11) is 0. The summed E-state index contributed by atoms with van der Waals surface area (Å²) in [6.07, 6.45) is 4.89. The number of carbonyl (C=O) groups excluding carboxylic acids is 1. The molecule has 0 radical (unpaired) electrons. The molecule has 0 spiro atoms. The molecule has 5 nitrogen and oxygen atoms in total. The number of pyridine rings is 1. The van der Waals surface area contributed by atoms with E-state index in [1.807, 2.05) is 0 Å². The number of nitrogens with one attached hydrogen (secondary N) is 3. The topological polar surface area (TPSA) is 74.0 Å². The van der Waals surface area contributed by atoms with Gasteiger partial charge in [-0.15, -0.1) is 0 Å². The Balaban J connectivity index is 1.74. The molecule has 1 aliphatic carbocycles. The standard InChI is InChI=1S/C13H19N3O2/c1-9-7-12(17)11(8-16-9)13(18)15-6-2-5-14-10-3-4-10/h7-8,10,14H,2-6H2,1H3,(H,15,18)(H,16,17). The fraction of sp³-hybridized carbons (Fsp3) is 0.538. The van der Waals surface area contributed by atoms with Crippen molar-refractivity contribution >= 4 is 5.91 Å². The number of aryl methyl sites for hydroxylation is 1. The van der Waals surface area contributed by atoms with Crippen molar-refractivity contribution in [2.24, 2.45) is 0 Å². The van der Waals surface area contributed by atoms with Crippen LogP contribution in [0, 0.1) is 6.92 Å². The molecule has 1 heterocycles. The van der Waals surface area contributed by atoms with E-state index in [-0.39, 0.29) is 16.9 Å². The summed E-state index contributed by atoms with van der Waals surface area (Å²) in [5.41, 5.74) is 0.695. The van der Waals surface area contributed by atoms with Crippen LogP contribution in [0.3, 0.4) is 0 Å². The Labute approximate surface area is 106 Å². The van der Waals surface area contributed by atoms with E-state index >= 15 is 0 Å². The molecule has 0 unspecified atom stereocenters. The maximum absolute atomic E-state index is 11.7. The second-order valence-corrected chi connectivity index (χ2v) is 4.73. The minimum absolute atomic E-state index is 0.177. The smallest absolute Gasteiger partial charge is 0.256 e. The van der Waals surface area contributed by atoms with Crippen molar-refractivity contribution in [2.75, 3.05) is 13.1 Å². The Morgan fingerprint density at radius 2 is 2.22 bits per heavy atom. The highest BCUT2D eigenvalue weighted by Gasteiger charge is 2.19. The number of aromatic amines is 1. The van der Waals surface area contributed by atoms with Gasteiger partial charge in [0.15, 0.2) is 5.43 Å². The van der Waals surface area contributed by atoms with Crippen LogP contribution in [0.1, 0.15) is 35.3 Å². The molecule has 1 saturated carbocycles. The van der Waals surface area contributed by atoms with Crippen LogP contribution in [0.25, 0.3) is 0 Å². The van der Waals surface area contributed by atoms with Gasteiger partial charge in [-0.05, 0) is 32.7 Å². The van der Waals surface area contributed by atoms with Gasteiger partial charge < -0.3 is 15.6 Å². The molecule has 0 atom stereocenters.